The molecule has 188 valence electrons. The third-order valence-electron chi connectivity index (χ3n) is 6.00. The largest absolute Gasteiger partial charge is 0.451 e. The molecule has 1 fully saturated rings. The molecule has 6 rings (SSSR count). The molecule has 3 aromatic heterocycles. The Bertz CT molecular complexity index is 1570. The standard InChI is InChI=1S/C24H19BrClN7O3S/c25-17-9-14(5-6-18(17)26)33-10-19(29-31-33)21-11-32(7-8-35-21)23(34)22-16(12-37-24-27-13-28-30-24)15-3-1-2-4-20(15)36-22/h1-6,9-10,13,21H,7-8,11-12H2,(H,27,28,30). The van der Waals surface area contributed by atoms with Gasteiger partial charge < -0.3 is 14.1 Å². The molecule has 0 saturated carbocycles. The lowest BCUT2D eigenvalue weighted by atomic mass is 10.1. The number of thioether (sulfide) groups is 1. The molecule has 10 nitrogen and oxygen atoms in total. The molecule has 1 aliphatic rings. The minimum atomic E-state index is -0.418. The number of amides is 1. The summed E-state index contributed by atoms with van der Waals surface area (Å²) in [4.78, 5) is 19.6. The highest BCUT2D eigenvalue weighted by Crippen LogP contribution is 2.33. The Balaban J connectivity index is 1.23. The zero-order valence-electron chi connectivity index (χ0n) is 19.2. The van der Waals surface area contributed by atoms with Crippen LogP contribution in [-0.4, -0.2) is 60.7 Å². The van der Waals surface area contributed by atoms with Crippen molar-refractivity contribution in [3.05, 3.63) is 81.5 Å². The van der Waals surface area contributed by atoms with Crippen molar-refractivity contribution in [2.24, 2.45) is 0 Å². The summed E-state index contributed by atoms with van der Waals surface area (Å²) in [5.74, 6) is 0.640. The molecule has 1 aliphatic heterocycles. The number of para-hydroxylation sites is 1. The van der Waals surface area contributed by atoms with Crippen LogP contribution < -0.4 is 0 Å². The van der Waals surface area contributed by atoms with E-state index in [9.17, 15) is 4.79 Å². The van der Waals surface area contributed by atoms with Gasteiger partial charge in [-0.1, -0.05) is 46.8 Å². The monoisotopic (exact) mass is 599 g/mol. The quantitative estimate of drug-likeness (QED) is 0.269. The molecule has 0 radical (unpaired) electrons. The van der Waals surface area contributed by atoms with Crippen LogP contribution in [0.15, 0.2) is 69.0 Å². The van der Waals surface area contributed by atoms with Gasteiger partial charge in [-0.15, -0.1) is 5.10 Å². The Morgan fingerprint density at radius 2 is 2.16 bits per heavy atom. The number of hydrogen-bond acceptors (Lipinski definition) is 8. The summed E-state index contributed by atoms with van der Waals surface area (Å²) in [7, 11) is 0. The van der Waals surface area contributed by atoms with Gasteiger partial charge in [-0.25, -0.2) is 9.67 Å². The van der Waals surface area contributed by atoms with E-state index in [1.807, 2.05) is 36.4 Å². The Kier molecular flexibility index (Phi) is 6.72. The van der Waals surface area contributed by atoms with Gasteiger partial charge >= 0.3 is 0 Å². The fourth-order valence-corrected chi connectivity index (χ4v) is 5.44. The van der Waals surface area contributed by atoms with Crippen LogP contribution in [-0.2, 0) is 10.5 Å². The molecule has 1 unspecified atom stereocenters. The minimum absolute atomic E-state index is 0.188. The van der Waals surface area contributed by atoms with Crippen molar-refractivity contribution in [2.75, 3.05) is 19.7 Å². The zero-order valence-corrected chi connectivity index (χ0v) is 22.3. The average Bonchev–Trinajstić information content (AvgIpc) is 3.69. The summed E-state index contributed by atoms with van der Waals surface area (Å²) in [6, 6.07) is 13.1. The number of nitrogens with one attached hydrogen (secondary N) is 1. The number of carbonyl (C=O) groups is 1. The number of rotatable bonds is 6. The first-order valence-corrected chi connectivity index (χ1v) is 13.5. The Hall–Kier alpha value is -3.19. The van der Waals surface area contributed by atoms with E-state index in [2.05, 4.69) is 41.4 Å². The van der Waals surface area contributed by atoms with Gasteiger partial charge in [0.2, 0.25) is 0 Å². The lowest BCUT2D eigenvalue weighted by molar-refractivity contribution is -0.0256. The molecule has 13 heteroatoms. The van der Waals surface area contributed by atoms with Crippen LogP contribution in [0.5, 0.6) is 0 Å². The molecule has 4 heterocycles. The highest BCUT2D eigenvalue weighted by molar-refractivity contribution is 9.10. The van der Waals surface area contributed by atoms with Crippen LogP contribution in [0.4, 0.5) is 0 Å². The van der Waals surface area contributed by atoms with Gasteiger partial charge in [-0.3, -0.25) is 9.89 Å². The molecule has 0 spiro atoms. The van der Waals surface area contributed by atoms with E-state index in [4.69, 9.17) is 20.8 Å². The first kappa shape index (κ1) is 24.2. The number of ether oxygens (including phenoxy) is 1. The maximum absolute atomic E-state index is 13.7. The van der Waals surface area contributed by atoms with E-state index < -0.39 is 6.10 Å². The Morgan fingerprint density at radius 3 is 3.00 bits per heavy atom. The highest BCUT2D eigenvalue weighted by atomic mass is 79.9. The van der Waals surface area contributed by atoms with Crippen molar-refractivity contribution in [1.29, 1.82) is 0 Å². The van der Waals surface area contributed by atoms with Crippen LogP contribution >= 0.6 is 39.3 Å². The number of furan rings is 1. The van der Waals surface area contributed by atoms with Crippen LogP contribution in [0.3, 0.4) is 0 Å². The van der Waals surface area contributed by atoms with Gasteiger partial charge in [0.05, 0.1) is 30.1 Å². The van der Waals surface area contributed by atoms with Gasteiger partial charge in [0.25, 0.3) is 5.91 Å². The third-order valence-corrected chi connectivity index (χ3v) is 8.12. The fraction of sp³-hybridized carbons (Fsp3) is 0.208. The molecule has 1 N–H and O–H groups in total. The van der Waals surface area contributed by atoms with E-state index in [1.54, 1.807) is 21.8 Å². The second kappa shape index (κ2) is 10.3. The molecular formula is C24H19BrClN7O3S. The number of aromatic amines is 1. The van der Waals surface area contributed by atoms with Gasteiger partial charge in [0.1, 0.15) is 23.7 Å². The number of benzene rings is 2. The number of hydrogen-bond donors (Lipinski definition) is 1. The second-order valence-corrected chi connectivity index (χ2v) is 10.5. The molecule has 0 bridgehead atoms. The normalized spacial score (nSPS) is 15.9. The van der Waals surface area contributed by atoms with Crippen molar-refractivity contribution in [3.8, 4) is 5.69 Å². The fourth-order valence-electron chi connectivity index (χ4n) is 4.15. The van der Waals surface area contributed by atoms with E-state index in [0.717, 1.165) is 21.1 Å². The molecule has 0 aliphatic carbocycles. The zero-order chi connectivity index (χ0) is 25.4. The van der Waals surface area contributed by atoms with Crippen molar-refractivity contribution < 1.29 is 13.9 Å². The summed E-state index contributed by atoms with van der Waals surface area (Å²) in [6.45, 7) is 1.14. The SMILES string of the molecule is O=C(c1oc2ccccc2c1CSc1ncn[nH]1)N1CCOC(c2cn(-c3ccc(Cl)c(Br)c3)nn2)C1. The number of fused-ring (bicyclic) bond motifs is 1. The van der Waals surface area contributed by atoms with Crippen LogP contribution in [0.25, 0.3) is 16.7 Å². The lowest BCUT2D eigenvalue weighted by Crippen LogP contribution is -2.42. The van der Waals surface area contributed by atoms with E-state index in [0.29, 0.717) is 52.7 Å². The molecule has 1 saturated heterocycles. The summed E-state index contributed by atoms with van der Waals surface area (Å²) < 4.78 is 14.4. The summed E-state index contributed by atoms with van der Waals surface area (Å²) in [6.07, 6.45) is 2.84. The van der Waals surface area contributed by atoms with Crippen LogP contribution in [0, 0.1) is 0 Å². The number of halogens is 2. The van der Waals surface area contributed by atoms with Crippen molar-refractivity contribution in [1.82, 2.24) is 35.1 Å². The predicted molar refractivity (Wildman–Crippen MR) is 141 cm³/mol. The molecule has 1 amide bonds. The maximum atomic E-state index is 13.7. The van der Waals surface area contributed by atoms with Gasteiger partial charge in [0.15, 0.2) is 10.9 Å². The summed E-state index contributed by atoms with van der Waals surface area (Å²) >= 11 is 11.0. The predicted octanol–water partition coefficient (Wildman–Crippen LogP) is 5.05. The molecule has 5 aromatic rings. The molecule has 1 atom stereocenters. The van der Waals surface area contributed by atoms with Gasteiger partial charge in [0, 0.05) is 27.7 Å². The van der Waals surface area contributed by atoms with E-state index in [1.165, 1.54) is 18.1 Å². The molecule has 2 aromatic carbocycles. The topological polar surface area (TPSA) is 115 Å². The highest BCUT2D eigenvalue weighted by Gasteiger charge is 2.31. The summed E-state index contributed by atoms with van der Waals surface area (Å²) in [5, 5.41) is 17.5. The van der Waals surface area contributed by atoms with Crippen molar-refractivity contribution in [2.45, 2.75) is 17.0 Å². The van der Waals surface area contributed by atoms with E-state index >= 15 is 0 Å². The molecular weight excluding hydrogens is 582 g/mol. The van der Waals surface area contributed by atoms with Gasteiger partial charge in [-0.2, -0.15) is 5.10 Å². The Labute approximate surface area is 228 Å². The van der Waals surface area contributed by atoms with Crippen molar-refractivity contribution in [3.63, 3.8) is 0 Å². The third kappa shape index (κ3) is 4.89. The second-order valence-electron chi connectivity index (χ2n) is 8.28. The van der Waals surface area contributed by atoms with Crippen molar-refractivity contribution >= 4 is 56.2 Å². The minimum Gasteiger partial charge on any atom is -0.451 e. The summed E-state index contributed by atoms with van der Waals surface area (Å²) in [5.41, 5.74) is 2.93. The van der Waals surface area contributed by atoms with E-state index in [-0.39, 0.29) is 5.91 Å². The first-order valence-electron chi connectivity index (χ1n) is 11.3. The Morgan fingerprint density at radius 1 is 1.27 bits per heavy atom. The number of aromatic nitrogens is 6. The smallest absolute Gasteiger partial charge is 0.290 e. The lowest BCUT2D eigenvalue weighted by Gasteiger charge is -2.31. The first-order chi connectivity index (χ1) is 18.1. The number of H-pyrrole nitrogens is 1. The number of carbonyl (C=O) groups excluding carboxylic acids is 1. The average molecular weight is 601 g/mol. The molecule has 37 heavy (non-hydrogen) atoms. The van der Waals surface area contributed by atoms with Gasteiger partial charge in [-0.05, 0) is 40.2 Å². The van der Waals surface area contributed by atoms with Crippen LogP contribution in [0.2, 0.25) is 5.02 Å². The number of morpholine rings is 1. The van der Waals surface area contributed by atoms with Crippen LogP contribution in [0.1, 0.15) is 27.9 Å². The maximum Gasteiger partial charge on any atom is 0.290 e. The number of nitrogens with zero attached hydrogens (tertiary/aromatic N) is 6.